The average Bonchev–Trinajstić information content (AvgIpc) is 2.36. The molecule has 0 aliphatic carbocycles. The molecule has 0 fully saturated rings. The van der Waals surface area contributed by atoms with Gasteiger partial charge in [0, 0.05) is 4.47 Å². The number of aromatic nitrogens is 2. The van der Waals surface area contributed by atoms with Gasteiger partial charge in [-0.05, 0) is 37.1 Å². The highest BCUT2D eigenvalue weighted by molar-refractivity contribution is 9.10. The minimum atomic E-state index is -1.12. The lowest BCUT2D eigenvalue weighted by atomic mass is 10.1. The number of halogens is 1. The second-order valence-corrected chi connectivity index (χ2v) is 4.81. The Labute approximate surface area is 118 Å². The summed E-state index contributed by atoms with van der Waals surface area (Å²) >= 11 is 3.48. The molecule has 0 bridgehead atoms. The lowest BCUT2D eigenvalue weighted by molar-refractivity contribution is 0.0690. The number of nitrogens with zero attached hydrogens (tertiary/aromatic N) is 2. The zero-order chi connectivity index (χ0) is 14.0. The molecule has 0 saturated heterocycles. The second-order valence-electron chi connectivity index (χ2n) is 4.02. The van der Waals surface area contributed by atoms with Crippen molar-refractivity contribution in [1.29, 1.82) is 0 Å². The topological polar surface area (TPSA) is 72.3 Å². The van der Waals surface area contributed by atoms with Crippen LogP contribution in [0.1, 0.15) is 21.6 Å². The molecule has 0 saturated carbocycles. The first-order chi connectivity index (χ1) is 8.97. The third-order valence-corrected chi connectivity index (χ3v) is 3.73. The number of aryl methyl sites for hydroxylation is 2. The highest BCUT2D eigenvalue weighted by atomic mass is 79.9. The quantitative estimate of drug-likeness (QED) is 0.938. The van der Waals surface area contributed by atoms with Gasteiger partial charge < -0.3 is 9.84 Å². The molecule has 1 heterocycles. The SMILES string of the molecule is Cc1cc(Oc2cnc(C(=O)O)cn2)cc(C)c1Br. The molecule has 1 N–H and O–H groups in total. The van der Waals surface area contributed by atoms with Crippen LogP contribution in [0.5, 0.6) is 11.6 Å². The lowest BCUT2D eigenvalue weighted by Gasteiger charge is -2.08. The van der Waals surface area contributed by atoms with Crippen LogP contribution in [-0.4, -0.2) is 21.0 Å². The number of rotatable bonds is 3. The summed E-state index contributed by atoms with van der Waals surface area (Å²) in [6, 6.07) is 3.73. The molecular weight excluding hydrogens is 312 g/mol. The fraction of sp³-hybridized carbons (Fsp3) is 0.154. The van der Waals surface area contributed by atoms with Crippen LogP contribution >= 0.6 is 15.9 Å². The average molecular weight is 323 g/mol. The van der Waals surface area contributed by atoms with Gasteiger partial charge in [-0.15, -0.1) is 0 Å². The Hall–Kier alpha value is -1.95. The number of carboxylic acid groups (broad SMARTS) is 1. The van der Waals surface area contributed by atoms with Gasteiger partial charge in [0.1, 0.15) is 5.75 Å². The Kier molecular flexibility index (Phi) is 3.80. The number of benzene rings is 1. The van der Waals surface area contributed by atoms with Crippen molar-refractivity contribution < 1.29 is 14.6 Å². The van der Waals surface area contributed by atoms with E-state index in [4.69, 9.17) is 9.84 Å². The van der Waals surface area contributed by atoms with E-state index in [0.717, 1.165) is 21.8 Å². The van der Waals surface area contributed by atoms with E-state index in [0.29, 0.717) is 5.75 Å². The molecular formula is C13H11BrN2O3. The molecule has 6 heteroatoms. The van der Waals surface area contributed by atoms with Crippen molar-refractivity contribution in [2.75, 3.05) is 0 Å². The van der Waals surface area contributed by atoms with E-state index in [-0.39, 0.29) is 11.6 Å². The molecule has 0 aliphatic rings. The van der Waals surface area contributed by atoms with Gasteiger partial charge in [0.15, 0.2) is 5.69 Å². The first-order valence-corrected chi connectivity index (χ1v) is 6.26. The standard InChI is InChI=1S/C13H11BrN2O3/c1-7-3-9(4-8(2)12(7)14)19-11-6-15-10(5-16-11)13(17)18/h3-6H,1-2H3,(H,17,18). The van der Waals surface area contributed by atoms with Crippen LogP contribution < -0.4 is 4.74 Å². The molecule has 0 spiro atoms. The van der Waals surface area contributed by atoms with Crippen LogP contribution in [0, 0.1) is 13.8 Å². The van der Waals surface area contributed by atoms with E-state index in [1.807, 2.05) is 26.0 Å². The maximum atomic E-state index is 10.6. The molecule has 0 amide bonds. The summed E-state index contributed by atoms with van der Waals surface area (Å²) in [7, 11) is 0. The van der Waals surface area contributed by atoms with Gasteiger partial charge in [0.05, 0.1) is 12.4 Å². The van der Waals surface area contributed by atoms with Gasteiger partial charge >= 0.3 is 5.97 Å². The molecule has 1 aromatic carbocycles. The van der Waals surface area contributed by atoms with Crippen molar-refractivity contribution in [3.8, 4) is 11.6 Å². The number of hydrogen-bond donors (Lipinski definition) is 1. The zero-order valence-electron chi connectivity index (χ0n) is 10.3. The third kappa shape index (κ3) is 3.08. The van der Waals surface area contributed by atoms with Gasteiger partial charge in [0.25, 0.3) is 0 Å². The highest BCUT2D eigenvalue weighted by Gasteiger charge is 2.08. The summed E-state index contributed by atoms with van der Waals surface area (Å²) in [5.74, 6) is -0.226. The summed E-state index contributed by atoms with van der Waals surface area (Å²) in [4.78, 5) is 18.3. The number of hydrogen-bond acceptors (Lipinski definition) is 4. The van der Waals surface area contributed by atoms with E-state index >= 15 is 0 Å². The molecule has 98 valence electrons. The highest BCUT2D eigenvalue weighted by Crippen LogP contribution is 2.28. The zero-order valence-corrected chi connectivity index (χ0v) is 11.9. The summed E-state index contributed by atoms with van der Waals surface area (Å²) in [5.41, 5.74) is 1.98. The van der Waals surface area contributed by atoms with Crippen LogP contribution in [0.15, 0.2) is 29.0 Å². The van der Waals surface area contributed by atoms with Crippen LogP contribution in [0.2, 0.25) is 0 Å². The van der Waals surface area contributed by atoms with E-state index in [1.165, 1.54) is 6.20 Å². The van der Waals surface area contributed by atoms with E-state index in [9.17, 15) is 4.79 Å². The maximum absolute atomic E-state index is 10.6. The minimum absolute atomic E-state index is 0.115. The van der Waals surface area contributed by atoms with Crippen molar-refractivity contribution in [1.82, 2.24) is 9.97 Å². The number of carbonyl (C=O) groups is 1. The van der Waals surface area contributed by atoms with Gasteiger partial charge in [-0.25, -0.2) is 14.8 Å². The molecule has 0 unspecified atom stereocenters. The van der Waals surface area contributed by atoms with Crippen LogP contribution in [0.25, 0.3) is 0 Å². The molecule has 2 rings (SSSR count). The Morgan fingerprint density at radius 1 is 1.21 bits per heavy atom. The van der Waals surface area contributed by atoms with Crippen molar-refractivity contribution in [2.45, 2.75) is 13.8 Å². The van der Waals surface area contributed by atoms with E-state index in [2.05, 4.69) is 25.9 Å². The first-order valence-electron chi connectivity index (χ1n) is 5.47. The molecule has 0 atom stereocenters. The van der Waals surface area contributed by atoms with Gasteiger partial charge in [-0.3, -0.25) is 0 Å². The molecule has 1 aromatic heterocycles. The fourth-order valence-electron chi connectivity index (χ4n) is 1.57. The van der Waals surface area contributed by atoms with Crippen LogP contribution in [0.3, 0.4) is 0 Å². The Morgan fingerprint density at radius 2 is 1.84 bits per heavy atom. The predicted molar refractivity (Wildman–Crippen MR) is 72.7 cm³/mol. The molecule has 0 aliphatic heterocycles. The van der Waals surface area contributed by atoms with Gasteiger partial charge in [0.2, 0.25) is 5.88 Å². The van der Waals surface area contributed by atoms with Crippen LogP contribution in [0.4, 0.5) is 0 Å². The van der Waals surface area contributed by atoms with Crippen molar-refractivity contribution >= 4 is 21.9 Å². The summed E-state index contributed by atoms with van der Waals surface area (Å²) in [6.07, 6.45) is 2.45. The Bertz CT molecular complexity index is 603. The van der Waals surface area contributed by atoms with Crippen LogP contribution in [-0.2, 0) is 0 Å². The largest absolute Gasteiger partial charge is 0.476 e. The molecule has 2 aromatic rings. The fourth-order valence-corrected chi connectivity index (χ4v) is 1.79. The Balaban J connectivity index is 2.24. The normalized spacial score (nSPS) is 10.3. The summed E-state index contributed by atoms with van der Waals surface area (Å²) in [5, 5.41) is 8.72. The van der Waals surface area contributed by atoms with Crippen molar-refractivity contribution in [3.63, 3.8) is 0 Å². The summed E-state index contributed by atoms with van der Waals surface area (Å²) < 4.78 is 6.58. The number of aromatic carboxylic acids is 1. The molecule has 0 radical (unpaired) electrons. The number of ether oxygens (including phenoxy) is 1. The summed E-state index contributed by atoms with van der Waals surface area (Å²) in [6.45, 7) is 3.92. The molecule has 19 heavy (non-hydrogen) atoms. The first kappa shape index (κ1) is 13.5. The lowest BCUT2D eigenvalue weighted by Crippen LogP contribution is -2.01. The van der Waals surface area contributed by atoms with Gasteiger partial charge in [-0.2, -0.15) is 0 Å². The second kappa shape index (κ2) is 5.36. The number of carboxylic acids is 1. The van der Waals surface area contributed by atoms with E-state index in [1.54, 1.807) is 0 Å². The van der Waals surface area contributed by atoms with E-state index < -0.39 is 5.97 Å². The smallest absolute Gasteiger partial charge is 0.356 e. The Morgan fingerprint density at radius 3 is 2.32 bits per heavy atom. The third-order valence-electron chi connectivity index (χ3n) is 2.48. The predicted octanol–water partition coefficient (Wildman–Crippen LogP) is 3.35. The maximum Gasteiger partial charge on any atom is 0.356 e. The van der Waals surface area contributed by atoms with Crippen molar-refractivity contribution in [3.05, 3.63) is 45.8 Å². The minimum Gasteiger partial charge on any atom is -0.476 e. The van der Waals surface area contributed by atoms with Crippen molar-refractivity contribution in [2.24, 2.45) is 0 Å². The van der Waals surface area contributed by atoms with Gasteiger partial charge in [-0.1, -0.05) is 15.9 Å². The monoisotopic (exact) mass is 322 g/mol. The molecule has 5 nitrogen and oxygen atoms in total.